The molecule has 0 amide bonds. The second kappa shape index (κ2) is 7.06. The minimum Gasteiger partial charge on any atom is -0.329 e. The second-order valence-electron chi connectivity index (χ2n) is 5.68. The zero-order valence-corrected chi connectivity index (χ0v) is 13.5. The molecule has 0 fully saturated rings. The molecule has 0 aliphatic carbocycles. The molecule has 0 heterocycles. The van der Waals surface area contributed by atoms with Gasteiger partial charge in [-0.15, -0.1) is 0 Å². The molecule has 1 atom stereocenters. The van der Waals surface area contributed by atoms with E-state index in [4.69, 9.17) is 5.73 Å². The Morgan fingerprint density at radius 1 is 1.00 bits per heavy atom. The molecule has 0 radical (unpaired) electrons. The van der Waals surface area contributed by atoms with Gasteiger partial charge in [-0.25, -0.2) is 0 Å². The zero-order valence-electron chi connectivity index (χ0n) is 13.5. The number of hydrogen-bond donors (Lipinski definition) is 1. The predicted octanol–water partition coefficient (Wildman–Crippen LogP) is 3.73. The molecule has 1 unspecified atom stereocenters. The third-order valence-electron chi connectivity index (χ3n) is 4.47. The Morgan fingerprint density at radius 3 is 2.00 bits per heavy atom. The van der Waals surface area contributed by atoms with Crippen molar-refractivity contribution in [2.45, 2.75) is 59.5 Å². The first-order valence-corrected chi connectivity index (χ1v) is 7.45. The van der Waals surface area contributed by atoms with E-state index in [2.05, 4.69) is 58.7 Å². The number of nitrogens with zero attached hydrogens (tertiary/aromatic N) is 1. The first-order valence-electron chi connectivity index (χ1n) is 7.45. The molecule has 0 aliphatic rings. The van der Waals surface area contributed by atoms with Gasteiger partial charge in [0.25, 0.3) is 0 Å². The Labute approximate surface area is 119 Å². The molecule has 1 aromatic carbocycles. The molecule has 2 heteroatoms. The Kier molecular flexibility index (Phi) is 6.02. The molecular formula is C17H30N2. The molecule has 0 aliphatic heterocycles. The van der Waals surface area contributed by atoms with Gasteiger partial charge in [-0.2, -0.15) is 0 Å². The number of benzene rings is 1. The largest absolute Gasteiger partial charge is 0.329 e. The van der Waals surface area contributed by atoms with Gasteiger partial charge < -0.3 is 5.73 Å². The molecule has 0 saturated carbocycles. The zero-order chi connectivity index (χ0) is 14.6. The quantitative estimate of drug-likeness (QED) is 0.846. The molecule has 0 saturated heterocycles. The third-order valence-corrected chi connectivity index (χ3v) is 4.47. The maximum Gasteiger partial charge on any atom is 0.0473 e. The summed E-state index contributed by atoms with van der Waals surface area (Å²) >= 11 is 0. The predicted molar refractivity (Wildman–Crippen MR) is 84.6 cm³/mol. The Morgan fingerprint density at radius 2 is 1.53 bits per heavy atom. The average Bonchev–Trinajstić information content (AvgIpc) is 2.38. The maximum absolute atomic E-state index is 6.07. The van der Waals surface area contributed by atoms with Crippen LogP contribution in [-0.4, -0.2) is 24.5 Å². The number of nitrogens with two attached hydrogens (primary N) is 1. The molecule has 108 valence electrons. The van der Waals surface area contributed by atoms with Crippen LogP contribution in [0, 0.1) is 20.8 Å². The number of hydrogen-bond acceptors (Lipinski definition) is 2. The van der Waals surface area contributed by atoms with E-state index in [0.29, 0.717) is 18.6 Å². The molecule has 1 rings (SSSR count). The lowest BCUT2D eigenvalue weighted by molar-refractivity contribution is 0.167. The van der Waals surface area contributed by atoms with Crippen LogP contribution in [0.4, 0.5) is 0 Å². The Hall–Kier alpha value is -0.860. The van der Waals surface area contributed by atoms with Crippen LogP contribution in [0.15, 0.2) is 12.1 Å². The molecule has 0 bridgehead atoms. The minimum absolute atomic E-state index is 0.323. The van der Waals surface area contributed by atoms with Crippen molar-refractivity contribution in [3.05, 3.63) is 34.4 Å². The standard InChI is InChI=1S/C17H30N2/c1-7-15(8-2)19(6)17(11-18)16-10-13(4)12(3)9-14(16)5/h9-10,15,17H,7-8,11,18H2,1-6H3. The monoisotopic (exact) mass is 262 g/mol. The normalized spacial score (nSPS) is 13.3. The van der Waals surface area contributed by atoms with Gasteiger partial charge in [0.15, 0.2) is 0 Å². The van der Waals surface area contributed by atoms with Crippen LogP contribution in [0.3, 0.4) is 0 Å². The average molecular weight is 262 g/mol. The molecule has 19 heavy (non-hydrogen) atoms. The summed E-state index contributed by atoms with van der Waals surface area (Å²) in [6, 6.07) is 5.54. The summed E-state index contributed by atoms with van der Waals surface area (Å²) in [5, 5.41) is 0. The van der Waals surface area contributed by atoms with Crippen LogP contribution in [-0.2, 0) is 0 Å². The lowest BCUT2D eigenvalue weighted by Gasteiger charge is -2.35. The van der Waals surface area contributed by atoms with Crippen molar-refractivity contribution in [3.63, 3.8) is 0 Å². The third kappa shape index (κ3) is 3.58. The summed E-state index contributed by atoms with van der Waals surface area (Å²) in [5.74, 6) is 0. The van der Waals surface area contributed by atoms with Crippen LogP contribution in [0.5, 0.6) is 0 Å². The minimum atomic E-state index is 0.323. The Balaban J connectivity index is 3.13. The van der Waals surface area contributed by atoms with E-state index >= 15 is 0 Å². The highest BCUT2D eigenvalue weighted by atomic mass is 15.2. The molecular weight excluding hydrogens is 232 g/mol. The molecule has 2 nitrogen and oxygen atoms in total. The topological polar surface area (TPSA) is 29.3 Å². The van der Waals surface area contributed by atoms with Gasteiger partial charge in [-0.3, -0.25) is 4.90 Å². The number of likely N-dealkylation sites (N-methyl/N-ethyl adjacent to an activating group) is 1. The van der Waals surface area contributed by atoms with Crippen molar-refractivity contribution in [3.8, 4) is 0 Å². The fraction of sp³-hybridized carbons (Fsp3) is 0.647. The maximum atomic E-state index is 6.07. The van der Waals surface area contributed by atoms with E-state index in [1.54, 1.807) is 0 Å². The van der Waals surface area contributed by atoms with Crippen LogP contribution in [0.2, 0.25) is 0 Å². The summed E-state index contributed by atoms with van der Waals surface area (Å²) in [4.78, 5) is 2.46. The van der Waals surface area contributed by atoms with E-state index in [0.717, 1.165) is 0 Å². The van der Waals surface area contributed by atoms with E-state index in [9.17, 15) is 0 Å². The van der Waals surface area contributed by atoms with E-state index < -0.39 is 0 Å². The SMILES string of the molecule is CCC(CC)N(C)C(CN)c1cc(C)c(C)cc1C. The summed E-state index contributed by atoms with van der Waals surface area (Å²) in [6.45, 7) is 11.7. The first-order chi connectivity index (χ1) is 8.96. The van der Waals surface area contributed by atoms with Crippen LogP contribution >= 0.6 is 0 Å². The van der Waals surface area contributed by atoms with Crippen LogP contribution < -0.4 is 5.73 Å². The highest BCUT2D eigenvalue weighted by molar-refractivity contribution is 5.38. The summed E-state index contributed by atoms with van der Waals surface area (Å²) < 4.78 is 0. The lowest BCUT2D eigenvalue weighted by Crippen LogP contribution is -2.38. The van der Waals surface area contributed by atoms with Crippen molar-refractivity contribution in [1.29, 1.82) is 0 Å². The number of aryl methyl sites for hydroxylation is 3. The molecule has 2 N–H and O–H groups in total. The van der Waals surface area contributed by atoms with Gasteiger partial charge in [-0.05, 0) is 62.9 Å². The Bertz CT molecular complexity index is 408. The van der Waals surface area contributed by atoms with Gasteiger partial charge in [-0.1, -0.05) is 26.0 Å². The van der Waals surface area contributed by atoms with E-state index in [1.165, 1.54) is 35.1 Å². The van der Waals surface area contributed by atoms with Crippen molar-refractivity contribution < 1.29 is 0 Å². The van der Waals surface area contributed by atoms with Crippen molar-refractivity contribution >= 4 is 0 Å². The molecule has 1 aromatic rings. The summed E-state index contributed by atoms with van der Waals surface area (Å²) in [5.41, 5.74) is 11.5. The van der Waals surface area contributed by atoms with Crippen LogP contribution in [0.1, 0.15) is 55.0 Å². The fourth-order valence-electron chi connectivity index (χ4n) is 2.97. The van der Waals surface area contributed by atoms with Crippen molar-refractivity contribution in [1.82, 2.24) is 4.90 Å². The van der Waals surface area contributed by atoms with Crippen molar-refractivity contribution in [2.75, 3.05) is 13.6 Å². The molecule has 0 spiro atoms. The lowest BCUT2D eigenvalue weighted by atomic mass is 9.94. The highest BCUT2D eigenvalue weighted by Gasteiger charge is 2.22. The van der Waals surface area contributed by atoms with Crippen LogP contribution in [0.25, 0.3) is 0 Å². The van der Waals surface area contributed by atoms with Gasteiger partial charge in [0.05, 0.1) is 0 Å². The second-order valence-corrected chi connectivity index (χ2v) is 5.68. The summed E-state index contributed by atoms with van der Waals surface area (Å²) in [7, 11) is 2.21. The smallest absolute Gasteiger partial charge is 0.0473 e. The number of rotatable bonds is 6. The first kappa shape index (κ1) is 16.2. The van der Waals surface area contributed by atoms with Gasteiger partial charge in [0.1, 0.15) is 0 Å². The van der Waals surface area contributed by atoms with Gasteiger partial charge in [0.2, 0.25) is 0 Å². The highest BCUT2D eigenvalue weighted by Crippen LogP contribution is 2.27. The van der Waals surface area contributed by atoms with Crippen molar-refractivity contribution in [2.24, 2.45) is 5.73 Å². The summed E-state index contributed by atoms with van der Waals surface area (Å²) in [6.07, 6.45) is 2.35. The van der Waals surface area contributed by atoms with E-state index in [1.807, 2.05) is 0 Å². The van der Waals surface area contributed by atoms with E-state index in [-0.39, 0.29) is 0 Å². The van der Waals surface area contributed by atoms with Gasteiger partial charge in [0, 0.05) is 18.6 Å². The fourth-order valence-corrected chi connectivity index (χ4v) is 2.97. The van der Waals surface area contributed by atoms with Gasteiger partial charge >= 0.3 is 0 Å². The molecule has 0 aromatic heterocycles.